The summed E-state index contributed by atoms with van der Waals surface area (Å²) in [5, 5.41) is 1.00. The van der Waals surface area contributed by atoms with E-state index in [1.54, 1.807) is 7.11 Å². The van der Waals surface area contributed by atoms with Crippen molar-refractivity contribution < 1.29 is 18.7 Å². The number of benzene rings is 1. The van der Waals surface area contributed by atoms with Crippen LogP contribution in [-0.4, -0.2) is 49.3 Å². The number of methoxy groups -OCH3 is 1. The maximum Gasteiger partial charge on any atom is 0.290 e. The van der Waals surface area contributed by atoms with E-state index in [9.17, 15) is 4.79 Å². The van der Waals surface area contributed by atoms with Gasteiger partial charge in [-0.05, 0) is 25.8 Å². The normalized spacial score (nSPS) is 27.4. The summed E-state index contributed by atoms with van der Waals surface area (Å²) in [6, 6.07) is 7.85. The van der Waals surface area contributed by atoms with E-state index in [1.807, 2.05) is 36.1 Å². The van der Waals surface area contributed by atoms with Gasteiger partial charge in [-0.25, -0.2) is 0 Å². The fourth-order valence-corrected chi connectivity index (χ4v) is 3.93. The number of aryl methyl sites for hydroxylation is 1. The first-order valence-electron chi connectivity index (χ1n) is 8.14. The Labute approximate surface area is 135 Å². The van der Waals surface area contributed by atoms with Crippen molar-refractivity contribution in [2.75, 3.05) is 20.3 Å². The van der Waals surface area contributed by atoms with Crippen molar-refractivity contribution in [1.29, 1.82) is 0 Å². The number of ether oxygens (including phenoxy) is 2. The van der Waals surface area contributed by atoms with Gasteiger partial charge in [-0.1, -0.05) is 18.2 Å². The molecular weight excluding hydrogens is 294 g/mol. The van der Waals surface area contributed by atoms with E-state index >= 15 is 0 Å². The number of amides is 1. The lowest BCUT2D eigenvalue weighted by molar-refractivity contribution is -0.0950. The molecule has 3 atom stereocenters. The minimum Gasteiger partial charge on any atom is -0.451 e. The van der Waals surface area contributed by atoms with Crippen LogP contribution < -0.4 is 0 Å². The van der Waals surface area contributed by atoms with Crippen LogP contribution in [0.4, 0.5) is 0 Å². The number of nitrogens with zero attached hydrogens (tertiary/aromatic N) is 1. The molecule has 5 nitrogen and oxygen atoms in total. The van der Waals surface area contributed by atoms with Crippen molar-refractivity contribution >= 4 is 16.9 Å². The van der Waals surface area contributed by atoms with Gasteiger partial charge in [0.15, 0.2) is 5.76 Å². The molecule has 2 heterocycles. The van der Waals surface area contributed by atoms with Gasteiger partial charge >= 0.3 is 0 Å². The average Bonchev–Trinajstić information content (AvgIpc) is 3.15. The van der Waals surface area contributed by atoms with Gasteiger partial charge in [0.1, 0.15) is 11.7 Å². The Balaban J connectivity index is 1.66. The zero-order chi connectivity index (χ0) is 16.0. The van der Waals surface area contributed by atoms with Gasteiger partial charge in [-0.3, -0.25) is 4.79 Å². The molecule has 1 aromatic carbocycles. The highest BCUT2D eigenvalue weighted by molar-refractivity contribution is 5.99. The highest BCUT2D eigenvalue weighted by Gasteiger charge is 2.45. The van der Waals surface area contributed by atoms with Crippen molar-refractivity contribution in [3.05, 3.63) is 35.6 Å². The van der Waals surface area contributed by atoms with Crippen LogP contribution in [-0.2, 0) is 9.47 Å². The third-order valence-electron chi connectivity index (χ3n) is 5.14. The van der Waals surface area contributed by atoms with E-state index in [0.29, 0.717) is 18.9 Å². The SMILES string of the molecule is CO[C@@H]1CC[C@H]2[C@H]1OCCN2C(=O)c1oc2ccccc2c1C. The Bertz CT molecular complexity index is 738. The molecule has 4 rings (SSSR count). The van der Waals surface area contributed by atoms with Crippen LogP contribution in [0.25, 0.3) is 11.0 Å². The summed E-state index contributed by atoms with van der Waals surface area (Å²) in [5.41, 5.74) is 1.68. The first-order chi connectivity index (χ1) is 11.2. The predicted octanol–water partition coefficient (Wildman–Crippen LogP) is 2.76. The maximum absolute atomic E-state index is 13.1. The molecule has 0 radical (unpaired) electrons. The molecule has 2 aliphatic rings. The highest BCUT2D eigenvalue weighted by Crippen LogP contribution is 2.34. The van der Waals surface area contributed by atoms with Crippen molar-refractivity contribution in [2.45, 2.75) is 38.0 Å². The number of morpholine rings is 1. The fraction of sp³-hybridized carbons (Fsp3) is 0.500. The van der Waals surface area contributed by atoms with Crippen molar-refractivity contribution in [1.82, 2.24) is 4.90 Å². The molecule has 2 fully saturated rings. The number of hydrogen-bond acceptors (Lipinski definition) is 4. The summed E-state index contributed by atoms with van der Waals surface area (Å²) in [4.78, 5) is 15.0. The summed E-state index contributed by atoms with van der Waals surface area (Å²) in [5.74, 6) is 0.418. The molecule has 1 aliphatic heterocycles. The molecule has 122 valence electrons. The lowest BCUT2D eigenvalue weighted by Crippen LogP contribution is -2.53. The zero-order valence-electron chi connectivity index (χ0n) is 13.5. The summed E-state index contributed by atoms with van der Waals surface area (Å²) >= 11 is 0. The van der Waals surface area contributed by atoms with Crippen LogP contribution in [0.1, 0.15) is 29.0 Å². The first kappa shape index (κ1) is 14.7. The number of para-hydroxylation sites is 1. The fourth-order valence-electron chi connectivity index (χ4n) is 3.93. The van der Waals surface area contributed by atoms with E-state index in [-0.39, 0.29) is 24.2 Å². The van der Waals surface area contributed by atoms with E-state index in [0.717, 1.165) is 29.4 Å². The molecule has 1 aliphatic carbocycles. The van der Waals surface area contributed by atoms with Gasteiger partial charge in [0, 0.05) is 24.6 Å². The van der Waals surface area contributed by atoms with E-state index < -0.39 is 0 Å². The van der Waals surface area contributed by atoms with Crippen molar-refractivity contribution in [2.24, 2.45) is 0 Å². The molecular formula is C18H21NO4. The molecule has 1 amide bonds. The molecule has 2 aromatic rings. The molecule has 1 aromatic heterocycles. The minimum atomic E-state index is -0.0336. The largest absolute Gasteiger partial charge is 0.451 e. The smallest absolute Gasteiger partial charge is 0.290 e. The topological polar surface area (TPSA) is 51.9 Å². The van der Waals surface area contributed by atoms with Gasteiger partial charge in [0.05, 0.1) is 18.8 Å². The lowest BCUT2D eigenvalue weighted by Gasteiger charge is -2.38. The summed E-state index contributed by atoms with van der Waals surface area (Å²) < 4.78 is 17.2. The van der Waals surface area contributed by atoms with Crippen LogP contribution >= 0.6 is 0 Å². The van der Waals surface area contributed by atoms with Gasteiger partial charge in [-0.2, -0.15) is 0 Å². The molecule has 0 unspecified atom stereocenters. The Morgan fingerprint density at radius 3 is 2.91 bits per heavy atom. The number of carbonyl (C=O) groups excluding carboxylic acids is 1. The van der Waals surface area contributed by atoms with E-state index in [4.69, 9.17) is 13.9 Å². The van der Waals surface area contributed by atoms with E-state index in [2.05, 4.69) is 0 Å². The number of rotatable bonds is 2. The molecule has 0 bridgehead atoms. The first-order valence-corrected chi connectivity index (χ1v) is 8.14. The molecule has 1 saturated heterocycles. The summed E-state index contributed by atoms with van der Waals surface area (Å²) in [7, 11) is 1.71. The quantitative estimate of drug-likeness (QED) is 0.855. The Hall–Kier alpha value is -1.85. The Morgan fingerprint density at radius 2 is 2.13 bits per heavy atom. The van der Waals surface area contributed by atoms with Gasteiger partial charge < -0.3 is 18.8 Å². The minimum absolute atomic E-state index is 0.0256. The monoisotopic (exact) mass is 315 g/mol. The maximum atomic E-state index is 13.1. The predicted molar refractivity (Wildman–Crippen MR) is 85.5 cm³/mol. The standard InChI is InChI=1S/C18H21NO4/c1-11-12-5-3-4-6-14(12)23-16(11)18(20)19-9-10-22-17-13(19)7-8-15(17)21-2/h3-6,13,15,17H,7-10H2,1-2H3/t13-,15+,17+/m0/s1. The lowest BCUT2D eigenvalue weighted by atomic mass is 10.1. The van der Waals surface area contributed by atoms with Crippen molar-refractivity contribution in [3.63, 3.8) is 0 Å². The van der Waals surface area contributed by atoms with Gasteiger partial charge in [0.2, 0.25) is 0 Å². The Kier molecular flexibility index (Phi) is 3.62. The van der Waals surface area contributed by atoms with Crippen LogP contribution in [0.5, 0.6) is 0 Å². The average molecular weight is 315 g/mol. The third kappa shape index (κ3) is 2.26. The number of hydrogen-bond donors (Lipinski definition) is 0. The molecule has 0 spiro atoms. The summed E-state index contributed by atoms with van der Waals surface area (Å²) in [6.07, 6.45) is 1.89. The van der Waals surface area contributed by atoms with E-state index in [1.165, 1.54) is 0 Å². The third-order valence-corrected chi connectivity index (χ3v) is 5.14. The Morgan fingerprint density at radius 1 is 1.30 bits per heavy atom. The second-order valence-electron chi connectivity index (χ2n) is 6.31. The molecule has 23 heavy (non-hydrogen) atoms. The number of carbonyl (C=O) groups is 1. The highest BCUT2D eigenvalue weighted by atomic mass is 16.5. The van der Waals surface area contributed by atoms with Crippen LogP contribution in [0.3, 0.4) is 0 Å². The van der Waals surface area contributed by atoms with Crippen LogP contribution in [0.2, 0.25) is 0 Å². The molecule has 5 heteroatoms. The summed E-state index contributed by atoms with van der Waals surface area (Å²) in [6.45, 7) is 3.10. The molecule has 1 saturated carbocycles. The van der Waals surface area contributed by atoms with Gasteiger partial charge in [0.25, 0.3) is 5.91 Å². The number of furan rings is 1. The van der Waals surface area contributed by atoms with Gasteiger partial charge in [-0.15, -0.1) is 0 Å². The molecule has 0 N–H and O–H groups in total. The second kappa shape index (κ2) is 5.65. The van der Waals surface area contributed by atoms with Crippen LogP contribution in [0.15, 0.2) is 28.7 Å². The second-order valence-corrected chi connectivity index (χ2v) is 6.31. The van der Waals surface area contributed by atoms with Crippen LogP contribution in [0, 0.1) is 6.92 Å². The zero-order valence-corrected chi connectivity index (χ0v) is 13.5. The number of fused-ring (bicyclic) bond motifs is 2. The van der Waals surface area contributed by atoms with Crippen molar-refractivity contribution in [3.8, 4) is 0 Å².